The van der Waals surface area contributed by atoms with Crippen LogP contribution in [0, 0.1) is 5.82 Å². The average molecular weight is 344 g/mol. The maximum absolute atomic E-state index is 12.9. The molecule has 1 aromatic carbocycles. The predicted molar refractivity (Wildman–Crippen MR) is 91.7 cm³/mol. The lowest BCUT2D eigenvalue weighted by atomic mass is 10.0. The third-order valence-electron chi connectivity index (χ3n) is 4.21. The van der Waals surface area contributed by atoms with Crippen molar-refractivity contribution in [3.8, 4) is 5.75 Å². The summed E-state index contributed by atoms with van der Waals surface area (Å²) in [4.78, 5) is 14.3. The largest absolute Gasteiger partial charge is 0.481 e. The summed E-state index contributed by atoms with van der Waals surface area (Å²) >= 11 is 0. The summed E-state index contributed by atoms with van der Waals surface area (Å²) in [5.41, 5.74) is 0. The second-order valence-corrected chi connectivity index (χ2v) is 6.07. The minimum atomic E-state index is -0.602. The minimum absolute atomic E-state index is 0.0534. The smallest absolute Gasteiger partial charge is 0.263 e. The summed E-state index contributed by atoms with van der Waals surface area (Å²) in [6.45, 7) is 3.04. The van der Waals surface area contributed by atoms with Crippen LogP contribution in [0.15, 0.2) is 42.6 Å². The van der Waals surface area contributed by atoms with Crippen LogP contribution in [-0.4, -0.2) is 46.2 Å². The molecule has 132 valence electrons. The zero-order valence-corrected chi connectivity index (χ0v) is 14.1. The Bertz CT molecular complexity index is 688. The molecule has 1 unspecified atom stereocenters. The van der Waals surface area contributed by atoms with Gasteiger partial charge in [-0.2, -0.15) is 5.10 Å². The van der Waals surface area contributed by atoms with E-state index in [-0.39, 0.29) is 17.8 Å². The van der Waals surface area contributed by atoms with Crippen molar-refractivity contribution in [2.24, 2.45) is 0 Å². The Labute approximate surface area is 146 Å². The Morgan fingerprint density at radius 3 is 2.64 bits per heavy atom. The Morgan fingerprint density at radius 2 is 2.00 bits per heavy atom. The van der Waals surface area contributed by atoms with Gasteiger partial charge in [-0.3, -0.25) is 4.79 Å². The molecule has 1 fully saturated rings. The number of ether oxygens (including phenoxy) is 1. The third kappa shape index (κ3) is 4.65. The number of likely N-dealkylation sites (tertiary alicyclic amines) is 1. The number of carbonyl (C=O) groups is 1. The lowest BCUT2D eigenvalue weighted by Gasteiger charge is -2.34. The molecule has 1 amide bonds. The standard InChI is InChI=1S/C18H21FN4O2/c1-13(25-16-6-4-14(19)5-7-16)18(24)23-11-8-15(9-12-23)21-17-3-2-10-20-22-17/h2-7,10,13,15H,8-9,11-12H2,1H3,(H,21,22). The Kier molecular flexibility index (Phi) is 5.42. The number of anilines is 1. The number of aromatic nitrogens is 2. The fourth-order valence-corrected chi connectivity index (χ4v) is 2.86. The van der Waals surface area contributed by atoms with E-state index in [1.54, 1.807) is 13.1 Å². The van der Waals surface area contributed by atoms with Crippen LogP contribution < -0.4 is 10.1 Å². The number of hydrogen-bond acceptors (Lipinski definition) is 5. The van der Waals surface area contributed by atoms with Gasteiger partial charge >= 0.3 is 0 Å². The number of hydrogen-bond donors (Lipinski definition) is 1. The van der Waals surface area contributed by atoms with Gasteiger partial charge in [0.1, 0.15) is 17.4 Å². The molecule has 1 N–H and O–H groups in total. The monoisotopic (exact) mass is 344 g/mol. The molecule has 0 aliphatic carbocycles. The number of halogens is 1. The first-order chi connectivity index (χ1) is 12.1. The predicted octanol–water partition coefficient (Wildman–Crippen LogP) is 2.49. The zero-order chi connectivity index (χ0) is 17.6. The van der Waals surface area contributed by atoms with E-state index in [0.717, 1.165) is 18.7 Å². The van der Waals surface area contributed by atoms with E-state index in [0.29, 0.717) is 18.8 Å². The summed E-state index contributed by atoms with van der Waals surface area (Å²) in [6, 6.07) is 9.67. The van der Waals surface area contributed by atoms with Crippen LogP contribution in [0.25, 0.3) is 0 Å². The number of carbonyl (C=O) groups excluding carboxylic acids is 1. The molecule has 1 aliphatic heterocycles. The Balaban J connectivity index is 1.48. The van der Waals surface area contributed by atoms with E-state index in [1.165, 1.54) is 24.3 Å². The summed E-state index contributed by atoms with van der Waals surface area (Å²) in [5.74, 6) is 0.855. The van der Waals surface area contributed by atoms with Gasteiger partial charge in [-0.15, -0.1) is 5.10 Å². The topological polar surface area (TPSA) is 67.3 Å². The lowest BCUT2D eigenvalue weighted by molar-refractivity contribution is -0.138. The fraction of sp³-hybridized carbons (Fsp3) is 0.389. The summed E-state index contributed by atoms with van der Waals surface area (Å²) in [5, 5.41) is 11.2. The van der Waals surface area contributed by atoms with Gasteiger partial charge in [-0.1, -0.05) is 0 Å². The minimum Gasteiger partial charge on any atom is -0.481 e. The van der Waals surface area contributed by atoms with Crippen LogP contribution in [0.5, 0.6) is 5.75 Å². The van der Waals surface area contributed by atoms with Crippen molar-refractivity contribution in [1.29, 1.82) is 0 Å². The van der Waals surface area contributed by atoms with Crippen LogP contribution in [-0.2, 0) is 4.79 Å². The summed E-state index contributed by atoms with van der Waals surface area (Å²) < 4.78 is 18.5. The Hall–Kier alpha value is -2.70. The highest BCUT2D eigenvalue weighted by atomic mass is 19.1. The van der Waals surface area contributed by atoms with Crippen LogP contribution in [0.1, 0.15) is 19.8 Å². The summed E-state index contributed by atoms with van der Waals surface area (Å²) in [7, 11) is 0. The maximum atomic E-state index is 12.9. The molecule has 1 aromatic heterocycles. The molecule has 2 aromatic rings. The number of rotatable bonds is 5. The first-order valence-electron chi connectivity index (χ1n) is 8.37. The van der Waals surface area contributed by atoms with Crippen molar-refractivity contribution in [2.45, 2.75) is 31.9 Å². The average Bonchev–Trinajstić information content (AvgIpc) is 2.64. The maximum Gasteiger partial charge on any atom is 0.263 e. The van der Waals surface area contributed by atoms with Crippen molar-refractivity contribution in [1.82, 2.24) is 15.1 Å². The van der Waals surface area contributed by atoms with Gasteiger partial charge in [-0.25, -0.2) is 4.39 Å². The van der Waals surface area contributed by atoms with E-state index in [9.17, 15) is 9.18 Å². The van der Waals surface area contributed by atoms with Gasteiger partial charge in [0, 0.05) is 25.3 Å². The van der Waals surface area contributed by atoms with E-state index in [2.05, 4.69) is 15.5 Å². The van der Waals surface area contributed by atoms with Crippen LogP contribution in [0.4, 0.5) is 10.2 Å². The van der Waals surface area contributed by atoms with Crippen LogP contribution >= 0.6 is 0 Å². The van der Waals surface area contributed by atoms with Gasteiger partial charge < -0.3 is 15.0 Å². The zero-order valence-electron chi connectivity index (χ0n) is 14.1. The lowest BCUT2D eigenvalue weighted by Crippen LogP contribution is -2.47. The molecule has 1 aliphatic rings. The van der Waals surface area contributed by atoms with Gasteiger partial charge in [0.15, 0.2) is 6.10 Å². The van der Waals surface area contributed by atoms with Crippen molar-refractivity contribution < 1.29 is 13.9 Å². The molecule has 25 heavy (non-hydrogen) atoms. The van der Waals surface area contributed by atoms with Gasteiger partial charge in [0.05, 0.1) is 0 Å². The molecule has 0 radical (unpaired) electrons. The number of nitrogens with zero attached hydrogens (tertiary/aromatic N) is 3. The fourth-order valence-electron chi connectivity index (χ4n) is 2.86. The number of piperidine rings is 1. The molecule has 0 spiro atoms. The number of benzene rings is 1. The van der Waals surface area contributed by atoms with Crippen LogP contribution in [0.3, 0.4) is 0 Å². The third-order valence-corrected chi connectivity index (χ3v) is 4.21. The second-order valence-electron chi connectivity index (χ2n) is 6.07. The Morgan fingerprint density at radius 1 is 1.28 bits per heavy atom. The van der Waals surface area contributed by atoms with Gasteiger partial charge in [-0.05, 0) is 56.2 Å². The second kappa shape index (κ2) is 7.92. The molecular weight excluding hydrogens is 323 g/mol. The molecule has 0 bridgehead atoms. The van der Waals surface area contributed by atoms with E-state index in [4.69, 9.17) is 4.74 Å². The van der Waals surface area contributed by atoms with E-state index < -0.39 is 6.10 Å². The van der Waals surface area contributed by atoms with Crippen molar-refractivity contribution in [2.75, 3.05) is 18.4 Å². The normalized spacial score (nSPS) is 16.3. The highest BCUT2D eigenvalue weighted by Crippen LogP contribution is 2.18. The van der Waals surface area contributed by atoms with Crippen molar-refractivity contribution in [3.63, 3.8) is 0 Å². The molecule has 6 nitrogen and oxygen atoms in total. The van der Waals surface area contributed by atoms with E-state index in [1.807, 2.05) is 17.0 Å². The molecule has 2 heterocycles. The van der Waals surface area contributed by atoms with Crippen LogP contribution in [0.2, 0.25) is 0 Å². The highest BCUT2D eigenvalue weighted by molar-refractivity contribution is 5.81. The quantitative estimate of drug-likeness (QED) is 0.903. The summed E-state index contributed by atoms with van der Waals surface area (Å²) in [6.07, 6.45) is 2.71. The molecule has 7 heteroatoms. The van der Waals surface area contributed by atoms with Crippen molar-refractivity contribution in [3.05, 3.63) is 48.4 Å². The van der Waals surface area contributed by atoms with E-state index >= 15 is 0 Å². The number of nitrogens with one attached hydrogen (secondary N) is 1. The molecule has 3 rings (SSSR count). The number of amides is 1. The molecule has 0 saturated carbocycles. The molecule has 1 saturated heterocycles. The van der Waals surface area contributed by atoms with Gasteiger partial charge in [0.25, 0.3) is 5.91 Å². The highest BCUT2D eigenvalue weighted by Gasteiger charge is 2.27. The molecular formula is C18H21FN4O2. The first-order valence-corrected chi connectivity index (χ1v) is 8.37. The SMILES string of the molecule is CC(Oc1ccc(F)cc1)C(=O)N1CCC(Nc2cccnn2)CC1. The molecule has 1 atom stereocenters. The van der Waals surface area contributed by atoms with Crippen molar-refractivity contribution >= 4 is 11.7 Å². The first kappa shape index (κ1) is 17.1. The van der Waals surface area contributed by atoms with Gasteiger partial charge in [0.2, 0.25) is 0 Å².